The van der Waals surface area contributed by atoms with Gasteiger partial charge in [0.15, 0.2) is 11.5 Å². The summed E-state index contributed by atoms with van der Waals surface area (Å²) in [6.45, 7) is 0. The second-order valence-electron chi connectivity index (χ2n) is 4.92. The average Bonchev–Trinajstić information content (AvgIpc) is 3.16. The number of carboxylic acids is 2. The predicted octanol–water partition coefficient (Wildman–Crippen LogP) is 1.91. The SMILES string of the molecule is COc1cc(C(=O)O)cc(C2(CC(=O)O)CC2)c1OC. The molecular formula is C14H16O6. The van der Waals surface area contributed by atoms with Crippen LogP contribution in [0.15, 0.2) is 12.1 Å². The fraction of sp³-hybridized carbons (Fsp3) is 0.429. The molecule has 108 valence electrons. The molecule has 0 aliphatic heterocycles. The zero-order valence-electron chi connectivity index (χ0n) is 11.3. The standard InChI is InChI=1S/C14H16O6/c1-19-10-6-8(13(17)18)5-9(12(10)20-2)14(3-4-14)7-11(15)16/h5-6H,3-4,7H2,1-2H3,(H,15,16)(H,17,18). The summed E-state index contributed by atoms with van der Waals surface area (Å²) < 4.78 is 10.5. The van der Waals surface area contributed by atoms with Crippen LogP contribution in [-0.4, -0.2) is 36.4 Å². The Morgan fingerprint density at radius 1 is 1.20 bits per heavy atom. The molecule has 0 saturated heterocycles. The molecular weight excluding hydrogens is 264 g/mol. The van der Waals surface area contributed by atoms with Gasteiger partial charge in [0.1, 0.15) is 0 Å². The number of benzene rings is 1. The molecule has 1 aromatic carbocycles. The number of hydrogen-bond acceptors (Lipinski definition) is 4. The van der Waals surface area contributed by atoms with Crippen molar-refractivity contribution in [2.45, 2.75) is 24.7 Å². The summed E-state index contributed by atoms with van der Waals surface area (Å²) >= 11 is 0. The molecule has 1 fully saturated rings. The normalized spacial score (nSPS) is 15.5. The number of carboxylic acid groups (broad SMARTS) is 2. The average molecular weight is 280 g/mol. The van der Waals surface area contributed by atoms with Crippen LogP contribution in [0.25, 0.3) is 0 Å². The molecule has 0 radical (unpaired) electrons. The highest BCUT2D eigenvalue weighted by molar-refractivity contribution is 5.89. The van der Waals surface area contributed by atoms with Crippen LogP contribution in [0.4, 0.5) is 0 Å². The predicted molar refractivity (Wildman–Crippen MR) is 69.7 cm³/mol. The van der Waals surface area contributed by atoms with Gasteiger partial charge in [-0.25, -0.2) is 4.79 Å². The molecule has 2 N–H and O–H groups in total. The first-order valence-corrected chi connectivity index (χ1v) is 6.15. The Morgan fingerprint density at radius 3 is 2.25 bits per heavy atom. The molecule has 1 aliphatic carbocycles. The molecule has 20 heavy (non-hydrogen) atoms. The summed E-state index contributed by atoms with van der Waals surface area (Å²) in [5.74, 6) is -1.28. The van der Waals surface area contributed by atoms with Crippen LogP contribution in [0.1, 0.15) is 35.2 Å². The molecule has 0 bridgehead atoms. The van der Waals surface area contributed by atoms with E-state index >= 15 is 0 Å². The van der Waals surface area contributed by atoms with Gasteiger partial charge in [-0.15, -0.1) is 0 Å². The third kappa shape index (κ3) is 2.41. The van der Waals surface area contributed by atoms with Crippen molar-refractivity contribution in [3.63, 3.8) is 0 Å². The van der Waals surface area contributed by atoms with Crippen molar-refractivity contribution in [3.8, 4) is 11.5 Å². The Hall–Kier alpha value is -2.24. The van der Waals surface area contributed by atoms with Crippen LogP contribution in [-0.2, 0) is 10.2 Å². The van der Waals surface area contributed by atoms with E-state index in [1.807, 2.05) is 0 Å². The van der Waals surface area contributed by atoms with Crippen LogP contribution >= 0.6 is 0 Å². The minimum absolute atomic E-state index is 0.0460. The van der Waals surface area contributed by atoms with Gasteiger partial charge in [-0.2, -0.15) is 0 Å². The van der Waals surface area contributed by atoms with Crippen molar-refractivity contribution in [3.05, 3.63) is 23.3 Å². The van der Waals surface area contributed by atoms with Gasteiger partial charge in [0.25, 0.3) is 0 Å². The molecule has 0 atom stereocenters. The van der Waals surface area contributed by atoms with Gasteiger partial charge >= 0.3 is 11.9 Å². The van der Waals surface area contributed by atoms with E-state index < -0.39 is 17.4 Å². The van der Waals surface area contributed by atoms with Gasteiger partial charge in [0.2, 0.25) is 0 Å². The lowest BCUT2D eigenvalue weighted by molar-refractivity contribution is -0.137. The van der Waals surface area contributed by atoms with Crippen molar-refractivity contribution in [2.75, 3.05) is 14.2 Å². The number of hydrogen-bond donors (Lipinski definition) is 2. The minimum Gasteiger partial charge on any atom is -0.493 e. The zero-order valence-corrected chi connectivity index (χ0v) is 11.3. The summed E-state index contributed by atoms with van der Waals surface area (Å²) in [6.07, 6.45) is 1.35. The second kappa shape index (κ2) is 5.03. The number of aliphatic carboxylic acids is 1. The molecule has 6 nitrogen and oxygen atoms in total. The van der Waals surface area contributed by atoms with E-state index in [1.54, 1.807) is 0 Å². The van der Waals surface area contributed by atoms with E-state index in [0.717, 1.165) is 0 Å². The molecule has 2 rings (SSSR count). The van der Waals surface area contributed by atoms with Crippen molar-refractivity contribution in [2.24, 2.45) is 0 Å². The first kappa shape index (κ1) is 14.2. The van der Waals surface area contributed by atoms with E-state index in [2.05, 4.69) is 0 Å². The van der Waals surface area contributed by atoms with Crippen LogP contribution in [0.2, 0.25) is 0 Å². The van der Waals surface area contributed by atoms with E-state index in [4.69, 9.17) is 19.7 Å². The third-order valence-electron chi connectivity index (χ3n) is 3.64. The highest BCUT2D eigenvalue weighted by atomic mass is 16.5. The Morgan fingerprint density at radius 2 is 1.85 bits per heavy atom. The van der Waals surface area contributed by atoms with Crippen LogP contribution < -0.4 is 9.47 Å². The smallest absolute Gasteiger partial charge is 0.335 e. The lowest BCUT2D eigenvalue weighted by Gasteiger charge is -2.20. The van der Waals surface area contributed by atoms with Crippen molar-refractivity contribution in [1.29, 1.82) is 0 Å². The van der Waals surface area contributed by atoms with Gasteiger partial charge in [0.05, 0.1) is 26.2 Å². The van der Waals surface area contributed by atoms with Crippen molar-refractivity contribution < 1.29 is 29.3 Å². The molecule has 0 amide bonds. The fourth-order valence-electron chi connectivity index (χ4n) is 2.46. The minimum atomic E-state index is -1.08. The number of methoxy groups -OCH3 is 2. The summed E-state index contributed by atoms with van der Waals surface area (Å²) in [7, 11) is 2.88. The first-order chi connectivity index (χ1) is 9.43. The molecule has 0 heterocycles. The number of rotatable bonds is 6. The van der Waals surface area contributed by atoms with Gasteiger partial charge in [0, 0.05) is 11.0 Å². The van der Waals surface area contributed by atoms with Crippen molar-refractivity contribution in [1.82, 2.24) is 0 Å². The Bertz CT molecular complexity index is 559. The Labute approximate surface area is 115 Å². The second-order valence-corrected chi connectivity index (χ2v) is 4.92. The van der Waals surface area contributed by atoms with Gasteiger partial charge in [-0.3, -0.25) is 4.79 Å². The lowest BCUT2D eigenvalue weighted by Crippen LogP contribution is -2.15. The van der Waals surface area contributed by atoms with Gasteiger partial charge < -0.3 is 19.7 Å². The molecule has 0 unspecified atom stereocenters. The molecule has 0 aromatic heterocycles. The fourth-order valence-corrected chi connectivity index (χ4v) is 2.46. The summed E-state index contributed by atoms with van der Waals surface area (Å²) in [4.78, 5) is 22.2. The maximum atomic E-state index is 11.2. The monoisotopic (exact) mass is 280 g/mol. The third-order valence-corrected chi connectivity index (χ3v) is 3.64. The summed E-state index contributed by atoms with van der Waals surface area (Å²) in [6, 6.07) is 2.86. The Balaban J connectivity index is 2.58. The molecule has 6 heteroatoms. The topological polar surface area (TPSA) is 93.1 Å². The largest absolute Gasteiger partial charge is 0.493 e. The summed E-state index contributed by atoms with van der Waals surface area (Å²) in [5, 5.41) is 18.2. The van der Waals surface area contributed by atoms with E-state index in [-0.39, 0.29) is 12.0 Å². The molecule has 0 spiro atoms. The van der Waals surface area contributed by atoms with E-state index in [9.17, 15) is 9.59 Å². The maximum absolute atomic E-state index is 11.2. The highest BCUT2D eigenvalue weighted by Gasteiger charge is 2.48. The zero-order chi connectivity index (χ0) is 14.9. The molecule has 1 saturated carbocycles. The van der Waals surface area contributed by atoms with Crippen LogP contribution in [0.5, 0.6) is 11.5 Å². The van der Waals surface area contributed by atoms with Crippen LogP contribution in [0.3, 0.4) is 0 Å². The van der Waals surface area contributed by atoms with Crippen molar-refractivity contribution >= 4 is 11.9 Å². The molecule has 1 aromatic rings. The lowest BCUT2D eigenvalue weighted by atomic mass is 9.89. The maximum Gasteiger partial charge on any atom is 0.335 e. The number of aromatic carboxylic acids is 1. The molecule has 1 aliphatic rings. The number of ether oxygens (including phenoxy) is 2. The quantitative estimate of drug-likeness (QED) is 0.826. The first-order valence-electron chi connectivity index (χ1n) is 6.15. The van der Waals surface area contributed by atoms with Gasteiger partial charge in [-0.05, 0) is 25.0 Å². The van der Waals surface area contributed by atoms with E-state index in [1.165, 1.54) is 26.4 Å². The summed E-state index contributed by atoms with van der Waals surface area (Å²) in [5.41, 5.74) is 0.115. The Kier molecular flexibility index (Phi) is 3.57. The van der Waals surface area contributed by atoms with Crippen LogP contribution in [0, 0.1) is 0 Å². The highest BCUT2D eigenvalue weighted by Crippen LogP contribution is 2.55. The van der Waals surface area contributed by atoms with E-state index in [0.29, 0.717) is 29.9 Å². The van der Waals surface area contributed by atoms with Gasteiger partial charge in [-0.1, -0.05) is 0 Å². The number of carbonyl (C=O) groups is 2.